The fourth-order valence-corrected chi connectivity index (χ4v) is 2.77. The molecule has 1 fully saturated rings. The van der Waals surface area contributed by atoms with Gasteiger partial charge in [-0.25, -0.2) is 0 Å². The van der Waals surface area contributed by atoms with Crippen molar-refractivity contribution in [2.45, 2.75) is 39.4 Å². The molecule has 0 unspecified atom stereocenters. The molecular weight excluding hydrogens is 258 g/mol. The number of nitrogens with zero attached hydrogens (tertiary/aromatic N) is 1. The second-order valence-electron chi connectivity index (χ2n) is 5.99. The SMILES string of the molecule is COC[C@@H]1CN(C(=O)c2c(C)coc2C)CC(C)(C)O1. The van der Waals surface area contributed by atoms with Gasteiger partial charge in [-0.05, 0) is 27.7 Å². The molecule has 20 heavy (non-hydrogen) atoms. The first-order valence-electron chi connectivity index (χ1n) is 6.85. The number of ether oxygens (including phenoxy) is 2. The maximum atomic E-state index is 12.7. The monoisotopic (exact) mass is 281 g/mol. The highest BCUT2D eigenvalue weighted by molar-refractivity contribution is 5.96. The Bertz CT molecular complexity index is 473. The van der Waals surface area contributed by atoms with Crippen LogP contribution in [0.3, 0.4) is 0 Å². The van der Waals surface area contributed by atoms with Gasteiger partial charge in [-0.2, -0.15) is 0 Å². The fourth-order valence-electron chi connectivity index (χ4n) is 2.77. The van der Waals surface area contributed by atoms with Crippen molar-refractivity contribution in [3.8, 4) is 0 Å². The average molecular weight is 281 g/mol. The highest BCUT2D eigenvalue weighted by Crippen LogP contribution is 2.25. The lowest BCUT2D eigenvalue weighted by Gasteiger charge is -2.42. The van der Waals surface area contributed by atoms with Crippen LogP contribution < -0.4 is 0 Å². The molecule has 112 valence electrons. The van der Waals surface area contributed by atoms with E-state index in [9.17, 15) is 4.79 Å². The van der Waals surface area contributed by atoms with Crippen molar-refractivity contribution < 1.29 is 18.7 Å². The van der Waals surface area contributed by atoms with Crippen LogP contribution in [0.5, 0.6) is 0 Å². The van der Waals surface area contributed by atoms with Crippen molar-refractivity contribution in [3.63, 3.8) is 0 Å². The molecule has 0 spiro atoms. The third kappa shape index (κ3) is 3.04. The number of furan rings is 1. The summed E-state index contributed by atoms with van der Waals surface area (Å²) in [5.74, 6) is 0.673. The van der Waals surface area contributed by atoms with Gasteiger partial charge in [0.2, 0.25) is 0 Å². The summed E-state index contributed by atoms with van der Waals surface area (Å²) in [7, 11) is 1.64. The van der Waals surface area contributed by atoms with Gasteiger partial charge < -0.3 is 18.8 Å². The van der Waals surface area contributed by atoms with E-state index in [4.69, 9.17) is 13.9 Å². The van der Waals surface area contributed by atoms with Gasteiger partial charge in [0.15, 0.2) is 0 Å². The molecular formula is C15H23NO4. The van der Waals surface area contributed by atoms with Gasteiger partial charge in [0.05, 0.1) is 30.1 Å². The molecule has 1 amide bonds. The van der Waals surface area contributed by atoms with E-state index >= 15 is 0 Å². The Morgan fingerprint density at radius 1 is 1.50 bits per heavy atom. The van der Waals surface area contributed by atoms with E-state index in [1.807, 2.05) is 32.6 Å². The Morgan fingerprint density at radius 3 is 2.75 bits per heavy atom. The molecule has 1 aliphatic rings. The molecule has 5 nitrogen and oxygen atoms in total. The predicted molar refractivity (Wildman–Crippen MR) is 74.9 cm³/mol. The van der Waals surface area contributed by atoms with E-state index in [-0.39, 0.29) is 17.6 Å². The molecule has 5 heteroatoms. The number of rotatable bonds is 3. The molecule has 0 radical (unpaired) electrons. The predicted octanol–water partition coefficient (Wildman–Crippen LogP) is 2.16. The second-order valence-corrected chi connectivity index (χ2v) is 5.99. The average Bonchev–Trinajstić information content (AvgIpc) is 2.66. The van der Waals surface area contributed by atoms with Crippen molar-refractivity contribution >= 4 is 5.91 Å². The number of morpholine rings is 1. The molecule has 2 heterocycles. The van der Waals surface area contributed by atoms with E-state index in [0.29, 0.717) is 31.0 Å². The van der Waals surface area contributed by atoms with Crippen LogP contribution in [0.2, 0.25) is 0 Å². The van der Waals surface area contributed by atoms with Crippen molar-refractivity contribution in [2.75, 3.05) is 26.8 Å². The van der Waals surface area contributed by atoms with Crippen LogP contribution in [-0.4, -0.2) is 49.3 Å². The van der Waals surface area contributed by atoms with Gasteiger partial charge in [-0.15, -0.1) is 0 Å². The Labute approximate surface area is 119 Å². The molecule has 0 N–H and O–H groups in total. The van der Waals surface area contributed by atoms with Gasteiger partial charge in [0.25, 0.3) is 5.91 Å². The number of hydrogen-bond acceptors (Lipinski definition) is 4. The Hall–Kier alpha value is -1.33. The normalized spacial score (nSPS) is 22.1. The van der Waals surface area contributed by atoms with E-state index in [1.54, 1.807) is 13.4 Å². The molecule has 0 aromatic carbocycles. The molecule has 2 rings (SSSR count). The summed E-state index contributed by atoms with van der Waals surface area (Å²) in [5, 5.41) is 0. The summed E-state index contributed by atoms with van der Waals surface area (Å²) in [6.07, 6.45) is 1.53. The Balaban J connectivity index is 2.20. The van der Waals surface area contributed by atoms with Crippen LogP contribution >= 0.6 is 0 Å². The Kier molecular flexibility index (Phi) is 4.20. The van der Waals surface area contributed by atoms with Gasteiger partial charge in [0.1, 0.15) is 5.76 Å². The minimum atomic E-state index is -0.372. The summed E-state index contributed by atoms with van der Waals surface area (Å²) in [6, 6.07) is 0. The zero-order valence-corrected chi connectivity index (χ0v) is 12.9. The summed E-state index contributed by atoms with van der Waals surface area (Å²) < 4.78 is 16.4. The van der Waals surface area contributed by atoms with Crippen LogP contribution in [0.1, 0.15) is 35.5 Å². The van der Waals surface area contributed by atoms with E-state index < -0.39 is 0 Å². The molecule has 1 aliphatic heterocycles. The zero-order chi connectivity index (χ0) is 14.9. The lowest BCUT2D eigenvalue weighted by Crippen LogP contribution is -2.55. The highest BCUT2D eigenvalue weighted by Gasteiger charge is 2.36. The van der Waals surface area contributed by atoms with Crippen LogP contribution in [0, 0.1) is 13.8 Å². The van der Waals surface area contributed by atoms with Crippen molar-refractivity contribution in [3.05, 3.63) is 23.2 Å². The van der Waals surface area contributed by atoms with Gasteiger partial charge >= 0.3 is 0 Å². The van der Waals surface area contributed by atoms with E-state index in [1.165, 1.54) is 0 Å². The summed E-state index contributed by atoms with van der Waals surface area (Å²) in [6.45, 7) is 9.28. The van der Waals surface area contributed by atoms with Crippen molar-refractivity contribution in [1.29, 1.82) is 0 Å². The van der Waals surface area contributed by atoms with Gasteiger partial charge in [-0.1, -0.05) is 0 Å². The van der Waals surface area contributed by atoms with Gasteiger partial charge in [-0.3, -0.25) is 4.79 Å². The molecule has 1 aromatic rings. The molecule has 0 saturated carbocycles. The number of hydrogen-bond donors (Lipinski definition) is 0. The second kappa shape index (κ2) is 5.58. The zero-order valence-electron chi connectivity index (χ0n) is 12.9. The third-order valence-corrected chi connectivity index (χ3v) is 3.49. The first kappa shape index (κ1) is 15.1. The van der Waals surface area contributed by atoms with Crippen LogP contribution in [-0.2, 0) is 9.47 Å². The van der Waals surface area contributed by atoms with Crippen molar-refractivity contribution in [2.24, 2.45) is 0 Å². The maximum Gasteiger partial charge on any atom is 0.257 e. The lowest BCUT2D eigenvalue weighted by molar-refractivity contribution is -0.143. The molecule has 0 aliphatic carbocycles. The molecule has 1 saturated heterocycles. The number of methoxy groups -OCH3 is 1. The summed E-state index contributed by atoms with van der Waals surface area (Å²) >= 11 is 0. The quantitative estimate of drug-likeness (QED) is 0.852. The highest BCUT2D eigenvalue weighted by atomic mass is 16.5. The number of carbonyl (C=O) groups excluding carboxylic acids is 1. The number of aryl methyl sites for hydroxylation is 2. The minimum Gasteiger partial charge on any atom is -0.469 e. The topological polar surface area (TPSA) is 51.9 Å². The number of amides is 1. The number of carbonyl (C=O) groups is 1. The summed E-state index contributed by atoms with van der Waals surface area (Å²) in [4.78, 5) is 14.5. The Morgan fingerprint density at radius 2 is 2.20 bits per heavy atom. The smallest absolute Gasteiger partial charge is 0.257 e. The largest absolute Gasteiger partial charge is 0.469 e. The van der Waals surface area contributed by atoms with Crippen LogP contribution in [0.4, 0.5) is 0 Å². The summed E-state index contributed by atoms with van der Waals surface area (Å²) in [5.41, 5.74) is 1.17. The minimum absolute atomic E-state index is 0.00577. The first-order chi connectivity index (χ1) is 9.34. The van der Waals surface area contributed by atoms with Crippen molar-refractivity contribution in [1.82, 2.24) is 4.90 Å². The lowest BCUT2D eigenvalue weighted by atomic mass is 10.0. The molecule has 1 atom stereocenters. The van der Waals surface area contributed by atoms with Crippen LogP contribution in [0.25, 0.3) is 0 Å². The maximum absolute atomic E-state index is 12.7. The third-order valence-electron chi connectivity index (χ3n) is 3.49. The van der Waals surface area contributed by atoms with E-state index in [2.05, 4.69) is 0 Å². The van der Waals surface area contributed by atoms with E-state index in [0.717, 1.165) is 5.56 Å². The standard InChI is InChI=1S/C15H23NO4/c1-10-7-19-11(2)13(10)14(17)16-6-12(8-18-5)20-15(3,4)9-16/h7,12H,6,8-9H2,1-5H3/t12-/m0/s1. The van der Waals surface area contributed by atoms with Gasteiger partial charge in [0, 0.05) is 25.8 Å². The first-order valence-corrected chi connectivity index (χ1v) is 6.85. The fraction of sp³-hybridized carbons (Fsp3) is 0.667. The van der Waals surface area contributed by atoms with Crippen LogP contribution in [0.15, 0.2) is 10.7 Å². The molecule has 0 bridgehead atoms. The molecule has 1 aromatic heterocycles.